The molecule has 5 nitrogen and oxygen atoms in total. The molecule has 0 fully saturated rings. The summed E-state index contributed by atoms with van der Waals surface area (Å²) < 4.78 is 0. The van der Waals surface area contributed by atoms with Crippen LogP contribution in [-0.2, 0) is 0 Å². The minimum atomic E-state index is -1.03. The smallest absolute Gasteiger partial charge is 0.335 e. The van der Waals surface area contributed by atoms with Crippen molar-refractivity contribution in [3.05, 3.63) is 35.4 Å². The second-order valence-electron chi connectivity index (χ2n) is 4.72. The molecule has 0 spiro atoms. The van der Waals surface area contributed by atoms with Crippen LogP contribution in [0.15, 0.2) is 24.3 Å². The highest BCUT2D eigenvalue weighted by Crippen LogP contribution is 2.05. The first-order chi connectivity index (χ1) is 8.91. The number of hydrogen-bond donors (Lipinski definition) is 2. The van der Waals surface area contributed by atoms with Gasteiger partial charge in [-0.05, 0) is 39.1 Å². The Morgan fingerprint density at radius 1 is 1.32 bits per heavy atom. The Morgan fingerprint density at radius 3 is 2.53 bits per heavy atom. The summed E-state index contributed by atoms with van der Waals surface area (Å²) in [5, 5.41) is 11.6. The Labute approximate surface area is 113 Å². The van der Waals surface area contributed by atoms with Gasteiger partial charge >= 0.3 is 5.97 Å². The maximum atomic E-state index is 11.8. The Bertz CT molecular complexity index is 458. The van der Waals surface area contributed by atoms with Crippen LogP contribution in [0, 0.1) is 0 Å². The number of carboxylic acid groups (broad SMARTS) is 1. The predicted molar refractivity (Wildman–Crippen MR) is 73.5 cm³/mol. The minimum absolute atomic E-state index is 0.118. The lowest BCUT2D eigenvalue weighted by Gasteiger charge is -2.20. The summed E-state index contributed by atoms with van der Waals surface area (Å²) in [6, 6.07) is 6.44. The average molecular weight is 264 g/mol. The number of nitrogens with one attached hydrogen (secondary N) is 1. The van der Waals surface area contributed by atoms with Crippen molar-refractivity contribution < 1.29 is 14.7 Å². The molecule has 0 saturated carbocycles. The van der Waals surface area contributed by atoms with Crippen molar-refractivity contribution in [3.63, 3.8) is 0 Å². The predicted octanol–water partition coefficient (Wildman–Crippen LogP) is 1.45. The van der Waals surface area contributed by atoms with Gasteiger partial charge in [0.25, 0.3) is 5.91 Å². The van der Waals surface area contributed by atoms with Crippen molar-refractivity contribution in [1.82, 2.24) is 10.2 Å². The van der Waals surface area contributed by atoms with Crippen molar-refractivity contribution in [3.8, 4) is 0 Å². The molecule has 0 heterocycles. The number of aromatic carboxylic acids is 1. The first-order valence-electron chi connectivity index (χ1n) is 6.23. The van der Waals surface area contributed by atoms with Crippen LogP contribution in [0.25, 0.3) is 0 Å². The van der Waals surface area contributed by atoms with E-state index in [9.17, 15) is 9.59 Å². The van der Waals surface area contributed by atoms with Gasteiger partial charge in [0.2, 0.25) is 0 Å². The molecule has 0 radical (unpaired) electrons. The molecule has 1 amide bonds. The molecule has 0 aliphatic rings. The summed E-state index contributed by atoms with van der Waals surface area (Å²) in [5.41, 5.74) is 0.485. The number of carboxylic acids is 1. The SMILES string of the molecule is CC(C)N(C)CCNC(=O)c1cccc(C(=O)O)c1. The number of rotatable bonds is 6. The van der Waals surface area contributed by atoms with Crippen molar-refractivity contribution in [2.75, 3.05) is 20.1 Å². The molecule has 0 aliphatic carbocycles. The van der Waals surface area contributed by atoms with Gasteiger partial charge in [0, 0.05) is 24.7 Å². The monoisotopic (exact) mass is 264 g/mol. The highest BCUT2D eigenvalue weighted by Gasteiger charge is 2.09. The topological polar surface area (TPSA) is 69.6 Å². The lowest BCUT2D eigenvalue weighted by atomic mass is 10.1. The van der Waals surface area contributed by atoms with Crippen LogP contribution < -0.4 is 5.32 Å². The maximum Gasteiger partial charge on any atom is 0.335 e. The molecule has 5 heteroatoms. The zero-order valence-electron chi connectivity index (χ0n) is 11.5. The van der Waals surface area contributed by atoms with Crippen LogP contribution in [0.2, 0.25) is 0 Å². The van der Waals surface area contributed by atoms with Crippen LogP contribution in [0.1, 0.15) is 34.6 Å². The van der Waals surface area contributed by atoms with Crippen LogP contribution >= 0.6 is 0 Å². The molecule has 0 aliphatic heterocycles. The van der Waals surface area contributed by atoms with E-state index < -0.39 is 5.97 Å². The molecule has 104 valence electrons. The lowest BCUT2D eigenvalue weighted by Crippen LogP contribution is -2.36. The molecule has 1 aromatic carbocycles. The maximum absolute atomic E-state index is 11.8. The fraction of sp³-hybridized carbons (Fsp3) is 0.429. The second kappa shape index (κ2) is 6.89. The van der Waals surface area contributed by atoms with E-state index in [0.717, 1.165) is 6.54 Å². The van der Waals surface area contributed by atoms with Gasteiger partial charge in [-0.15, -0.1) is 0 Å². The third-order valence-electron chi connectivity index (χ3n) is 3.00. The Kier molecular flexibility index (Phi) is 5.51. The molecule has 2 N–H and O–H groups in total. The van der Waals surface area contributed by atoms with Gasteiger partial charge in [-0.3, -0.25) is 4.79 Å². The highest BCUT2D eigenvalue weighted by atomic mass is 16.4. The fourth-order valence-corrected chi connectivity index (χ4v) is 1.50. The number of benzene rings is 1. The number of carbonyl (C=O) groups is 2. The van der Waals surface area contributed by atoms with E-state index in [1.165, 1.54) is 12.1 Å². The summed E-state index contributed by atoms with van der Waals surface area (Å²) in [5.74, 6) is -1.28. The zero-order chi connectivity index (χ0) is 14.4. The minimum Gasteiger partial charge on any atom is -0.478 e. The highest BCUT2D eigenvalue weighted by molar-refractivity contribution is 5.97. The average Bonchev–Trinajstić information content (AvgIpc) is 2.38. The van der Waals surface area contributed by atoms with Crippen LogP contribution in [-0.4, -0.2) is 48.1 Å². The quantitative estimate of drug-likeness (QED) is 0.816. The summed E-state index contributed by atoms with van der Waals surface area (Å²) in [7, 11) is 1.99. The van der Waals surface area contributed by atoms with E-state index in [4.69, 9.17) is 5.11 Å². The lowest BCUT2D eigenvalue weighted by molar-refractivity contribution is 0.0697. The summed E-state index contributed by atoms with van der Waals surface area (Å²) >= 11 is 0. The molecule has 0 aromatic heterocycles. The molecule has 0 bridgehead atoms. The Morgan fingerprint density at radius 2 is 1.95 bits per heavy atom. The van der Waals surface area contributed by atoms with E-state index in [1.54, 1.807) is 12.1 Å². The number of carbonyl (C=O) groups excluding carboxylic acids is 1. The molecular weight excluding hydrogens is 244 g/mol. The molecule has 19 heavy (non-hydrogen) atoms. The molecule has 0 atom stereocenters. The van der Waals surface area contributed by atoms with Crippen molar-refractivity contribution in [2.45, 2.75) is 19.9 Å². The molecule has 1 aromatic rings. The van der Waals surface area contributed by atoms with E-state index in [1.807, 2.05) is 7.05 Å². The Balaban J connectivity index is 2.54. The molecule has 1 rings (SSSR count). The largest absolute Gasteiger partial charge is 0.478 e. The van der Waals surface area contributed by atoms with Gasteiger partial charge in [0.1, 0.15) is 0 Å². The number of hydrogen-bond acceptors (Lipinski definition) is 3. The third-order valence-corrected chi connectivity index (χ3v) is 3.00. The Hall–Kier alpha value is -1.88. The third kappa shape index (κ3) is 4.71. The first-order valence-corrected chi connectivity index (χ1v) is 6.23. The molecular formula is C14H20N2O3. The normalized spacial score (nSPS) is 10.8. The summed E-state index contributed by atoms with van der Waals surface area (Å²) in [6.07, 6.45) is 0. The number of amides is 1. The first kappa shape index (κ1) is 15.2. The second-order valence-corrected chi connectivity index (χ2v) is 4.72. The van der Waals surface area contributed by atoms with E-state index >= 15 is 0 Å². The van der Waals surface area contributed by atoms with Gasteiger partial charge in [0.05, 0.1) is 5.56 Å². The zero-order valence-corrected chi connectivity index (χ0v) is 11.5. The van der Waals surface area contributed by atoms with Crippen LogP contribution in [0.5, 0.6) is 0 Å². The van der Waals surface area contributed by atoms with Gasteiger partial charge in [-0.2, -0.15) is 0 Å². The number of nitrogens with zero attached hydrogens (tertiary/aromatic N) is 1. The van der Waals surface area contributed by atoms with Gasteiger partial charge in [-0.25, -0.2) is 4.79 Å². The summed E-state index contributed by atoms with van der Waals surface area (Å²) in [4.78, 5) is 24.8. The van der Waals surface area contributed by atoms with Crippen LogP contribution in [0.3, 0.4) is 0 Å². The molecule has 0 saturated heterocycles. The van der Waals surface area contributed by atoms with Crippen molar-refractivity contribution in [2.24, 2.45) is 0 Å². The van der Waals surface area contributed by atoms with Crippen molar-refractivity contribution >= 4 is 11.9 Å². The van der Waals surface area contributed by atoms with Gasteiger partial charge in [0.15, 0.2) is 0 Å². The summed E-state index contributed by atoms with van der Waals surface area (Å²) in [6.45, 7) is 5.45. The number of likely N-dealkylation sites (N-methyl/N-ethyl adjacent to an activating group) is 1. The van der Waals surface area contributed by atoms with Crippen LogP contribution in [0.4, 0.5) is 0 Å². The van der Waals surface area contributed by atoms with Gasteiger partial charge < -0.3 is 15.3 Å². The van der Waals surface area contributed by atoms with E-state index in [-0.39, 0.29) is 11.5 Å². The van der Waals surface area contributed by atoms with Crippen molar-refractivity contribution in [1.29, 1.82) is 0 Å². The van der Waals surface area contributed by atoms with E-state index in [2.05, 4.69) is 24.1 Å². The standard InChI is InChI=1S/C14H20N2O3/c1-10(2)16(3)8-7-15-13(17)11-5-4-6-12(9-11)14(18)19/h4-6,9-10H,7-8H2,1-3H3,(H,15,17)(H,18,19). The molecule has 0 unspecified atom stereocenters. The van der Waals surface area contributed by atoms with Gasteiger partial charge in [-0.1, -0.05) is 6.07 Å². The fourth-order valence-electron chi connectivity index (χ4n) is 1.50. The van der Waals surface area contributed by atoms with E-state index in [0.29, 0.717) is 18.2 Å².